The lowest BCUT2D eigenvalue weighted by Crippen LogP contribution is -2.27. The fourth-order valence-electron chi connectivity index (χ4n) is 2.85. The Kier molecular flexibility index (Phi) is 5.13. The molecule has 0 atom stereocenters. The summed E-state index contributed by atoms with van der Waals surface area (Å²) in [6.45, 7) is 1.89. The topological polar surface area (TPSA) is 28.2 Å². The van der Waals surface area contributed by atoms with Gasteiger partial charge in [0.15, 0.2) is 0 Å². The van der Waals surface area contributed by atoms with Crippen LogP contribution in [0.4, 0.5) is 4.39 Å². The Morgan fingerprint density at radius 3 is 2.92 bits per heavy atom. The summed E-state index contributed by atoms with van der Waals surface area (Å²) in [5.74, 6) is -0.423. The Morgan fingerprint density at radius 1 is 1.42 bits per heavy atom. The number of hydrogen-bond acceptors (Lipinski definition) is 4. The summed E-state index contributed by atoms with van der Waals surface area (Å²) in [6, 6.07) is 6.79. The van der Waals surface area contributed by atoms with Crippen LogP contribution in [0.2, 0.25) is 5.02 Å². The minimum Gasteiger partial charge on any atom is -0.388 e. The molecule has 0 amide bonds. The third-order valence-electron chi connectivity index (χ3n) is 4.16. The third-order valence-corrected chi connectivity index (χ3v) is 4.79. The Balaban J connectivity index is 2.02. The molecule has 0 saturated heterocycles. The third kappa shape index (κ3) is 3.58. The van der Waals surface area contributed by atoms with Crippen LogP contribution in [0.3, 0.4) is 0 Å². The lowest BCUT2D eigenvalue weighted by molar-refractivity contribution is 0.309. The number of thiol groups is 1. The van der Waals surface area contributed by atoms with E-state index < -0.39 is 5.82 Å². The van der Waals surface area contributed by atoms with Crippen molar-refractivity contribution in [1.82, 2.24) is 15.2 Å². The molecule has 2 heterocycles. The van der Waals surface area contributed by atoms with E-state index in [1.54, 1.807) is 12.1 Å². The minimum atomic E-state index is -0.423. The number of fused-ring (bicyclic) bond motifs is 1. The normalized spacial score (nSPS) is 15.3. The van der Waals surface area contributed by atoms with Crippen molar-refractivity contribution in [3.8, 4) is 0 Å². The summed E-state index contributed by atoms with van der Waals surface area (Å²) in [7, 11) is 3.95. The van der Waals surface area contributed by atoms with Gasteiger partial charge in [0.25, 0.3) is 0 Å². The van der Waals surface area contributed by atoms with Crippen molar-refractivity contribution in [2.24, 2.45) is 0 Å². The minimum absolute atomic E-state index is 0.107. The molecule has 0 radical (unpaired) electrons. The zero-order valence-electron chi connectivity index (χ0n) is 13.6. The van der Waals surface area contributed by atoms with E-state index in [9.17, 15) is 4.39 Å². The SMILES string of the molecule is CN/C(=C\c1ccc(F)c(Cl)c1)c1cc2c(nc1S)CCN(C)C2. The molecule has 1 N–H and O–H groups in total. The predicted molar refractivity (Wildman–Crippen MR) is 99.9 cm³/mol. The zero-order valence-corrected chi connectivity index (χ0v) is 15.3. The molecule has 1 aliphatic heterocycles. The van der Waals surface area contributed by atoms with Crippen LogP contribution in [0.15, 0.2) is 29.3 Å². The molecule has 3 nitrogen and oxygen atoms in total. The molecule has 0 bridgehead atoms. The molecule has 0 spiro atoms. The van der Waals surface area contributed by atoms with Gasteiger partial charge >= 0.3 is 0 Å². The molecular formula is C18H19ClFN3S. The summed E-state index contributed by atoms with van der Waals surface area (Å²) in [6.07, 6.45) is 2.85. The van der Waals surface area contributed by atoms with E-state index >= 15 is 0 Å². The number of halogens is 2. The highest BCUT2D eigenvalue weighted by Gasteiger charge is 2.18. The van der Waals surface area contributed by atoms with Crippen LogP contribution >= 0.6 is 24.2 Å². The van der Waals surface area contributed by atoms with Crippen LogP contribution in [0.5, 0.6) is 0 Å². The van der Waals surface area contributed by atoms with E-state index in [1.165, 1.54) is 11.6 Å². The second kappa shape index (κ2) is 7.13. The number of hydrogen-bond donors (Lipinski definition) is 2. The lowest BCUT2D eigenvalue weighted by atomic mass is 10.0. The summed E-state index contributed by atoms with van der Waals surface area (Å²) < 4.78 is 13.3. The quantitative estimate of drug-likeness (QED) is 0.811. The van der Waals surface area contributed by atoms with Crippen LogP contribution < -0.4 is 5.32 Å². The summed E-state index contributed by atoms with van der Waals surface area (Å²) in [5, 5.41) is 3.98. The van der Waals surface area contributed by atoms with Gasteiger partial charge in [-0.3, -0.25) is 0 Å². The van der Waals surface area contributed by atoms with Crippen molar-refractivity contribution >= 4 is 36.0 Å². The van der Waals surface area contributed by atoms with Crippen LogP contribution in [-0.4, -0.2) is 30.5 Å². The van der Waals surface area contributed by atoms with E-state index in [0.29, 0.717) is 5.03 Å². The van der Waals surface area contributed by atoms with Crippen molar-refractivity contribution in [2.45, 2.75) is 18.0 Å². The number of rotatable bonds is 3. The number of aromatic nitrogens is 1. The van der Waals surface area contributed by atoms with Gasteiger partial charge in [-0.2, -0.15) is 0 Å². The van der Waals surface area contributed by atoms with E-state index in [0.717, 1.165) is 42.0 Å². The van der Waals surface area contributed by atoms with Gasteiger partial charge < -0.3 is 10.2 Å². The largest absolute Gasteiger partial charge is 0.388 e. The van der Waals surface area contributed by atoms with Gasteiger partial charge in [0, 0.05) is 43.5 Å². The summed E-state index contributed by atoms with van der Waals surface area (Å²) in [4.78, 5) is 6.93. The molecule has 0 fully saturated rings. The van der Waals surface area contributed by atoms with Gasteiger partial charge in [0.05, 0.1) is 5.02 Å². The molecule has 1 aliphatic rings. The first-order valence-corrected chi connectivity index (χ1v) is 8.55. The van der Waals surface area contributed by atoms with E-state index in [4.69, 9.17) is 11.6 Å². The second-order valence-corrected chi connectivity index (χ2v) is 6.77. The van der Waals surface area contributed by atoms with Gasteiger partial charge in [-0.25, -0.2) is 9.37 Å². The Bertz CT molecular complexity index is 807. The van der Waals surface area contributed by atoms with Crippen molar-refractivity contribution < 1.29 is 4.39 Å². The molecule has 0 aliphatic carbocycles. The Hall–Kier alpha value is -1.56. The molecule has 0 saturated carbocycles. The maximum absolute atomic E-state index is 13.3. The zero-order chi connectivity index (χ0) is 17.3. The summed E-state index contributed by atoms with van der Waals surface area (Å²) in [5.41, 5.74) is 4.94. The molecule has 126 valence electrons. The number of benzene rings is 1. The van der Waals surface area contributed by atoms with Crippen molar-refractivity contribution in [3.63, 3.8) is 0 Å². The van der Waals surface area contributed by atoms with Gasteiger partial charge in [0.1, 0.15) is 10.8 Å². The molecule has 2 aromatic rings. The molecule has 6 heteroatoms. The highest BCUT2D eigenvalue weighted by molar-refractivity contribution is 7.80. The van der Waals surface area contributed by atoms with E-state index in [2.05, 4.69) is 40.9 Å². The van der Waals surface area contributed by atoms with Gasteiger partial charge in [-0.1, -0.05) is 17.7 Å². The molecular weight excluding hydrogens is 345 g/mol. The monoisotopic (exact) mass is 363 g/mol. The first-order chi connectivity index (χ1) is 11.5. The van der Waals surface area contributed by atoms with Gasteiger partial charge in [-0.15, -0.1) is 12.6 Å². The number of nitrogens with zero attached hydrogens (tertiary/aromatic N) is 2. The smallest absolute Gasteiger partial charge is 0.141 e. The van der Waals surface area contributed by atoms with Crippen LogP contribution in [0.25, 0.3) is 11.8 Å². The fourth-order valence-corrected chi connectivity index (χ4v) is 3.35. The fraction of sp³-hybridized carbons (Fsp3) is 0.278. The molecule has 1 aromatic carbocycles. The predicted octanol–water partition coefficient (Wildman–Crippen LogP) is 3.87. The Morgan fingerprint density at radius 2 is 2.21 bits per heavy atom. The van der Waals surface area contributed by atoms with E-state index in [-0.39, 0.29) is 5.02 Å². The first-order valence-electron chi connectivity index (χ1n) is 7.73. The van der Waals surface area contributed by atoms with Crippen molar-refractivity contribution in [3.05, 3.63) is 57.5 Å². The Labute approximate surface area is 152 Å². The molecule has 3 rings (SSSR count). The number of likely N-dealkylation sites (N-methyl/N-ethyl adjacent to an activating group) is 1. The molecule has 1 aromatic heterocycles. The summed E-state index contributed by atoms with van der Waals surface area (Å²) >= 11 is 10.4. The standard InChI is InChI=1S/C18H19ClFN3S/c1-21-17(8-11-3-4-15(20)14(19)7-11)13-9-12-10-23(2)6-5-16(12)22-18(13)24/h3-4,7-9,21H,5-6,10H2,1-2H3,(H,22,24)/b17-8-. The lowest BCUT2D eigenvalue weighted by Gasteiger charge is -2.25. The van der Waals surface area contributed by atoms with Crippen LogP contribution in [0.1, 0.15) is 22.4 Å². The van der Waals surface area contributed by atoms with Gasteiger partial charge in [-0.05, 0) is 42.4 Å². The number of pyridine rings is 1. The maximum Gasteiger partial charge on any atom is 0.141 e. The first kappa shape index (κ1) is 17.3. The van der Waals surface area contributed by atoms with Crippen molar-refractivity contribution in [1.29, 1.82) is 0 Å². The highest BCUT2D eigenvalue weighted by atomic mass is 35.5. The van der Waals surface area contributed by atoms with Crippen LogP contribution in [0, 0.1) is 5.82 Å². The number of nitrogens with one attached hydrogen (secondary N) is 1. The average Bonchev–Trinajstić information content (AvgIpc) is 2.56. The van der Waals surface area contributed by atoms with E-state index in [1.807, 2.05) is 13.1 Å². The maximum atomic E-state index is 13.3. The highest BCUT2D eigenvalue weighted by Crippen LogP contribution is 2.27. The van der Waals surface area contributed by atoms with Crippen molar-refractivity contribution in [2.75, 3.05) is 20.6 Å². The van der Waals surface area contributed by atoms with Crippen LogP contribution in [-0.2, 0) is 13.0 Å². The van der Waals surface area contributed by atoms with Gasteiger partial charge in [0.2, 0.25) is 0 Å². The molecule has 24 heavy (non-hydrogen) atoms. The second-order valence-electron chi connectivity index (χ2n) is 5.93. The average molecular weight is 364 g/mol. The molecule has 0 unspecified atom stereocenters.